The molecule has 236 valence electrons. The number of nitrogens with zero attached hydrogens (tertiary/aromatic N) is 1. The van der Waals surface area contributed by atoms with Gasteiger partial charge in [-0.1, -0.05) is 109 Å². The fourth-order valence-electron chi connectivity index (χ4n) is 7.69. The van der Waals surface area contributed by atoms with Gasteiger partial charge in [0, 0.05) is 17.5 Å². The van der Waals surface area contributed by atoms with Gasteiger partial charge in [0.25, 0.3) is 0 Å². The van der Waals surface area contributed by atoms with Crippen molar-refractivity contribution in [3.8, 4) is 11.5 Å². The molecule has 1 spiro atoms. The van der Waals surface area contributed by atoms with Crippen LogP contribution in [0.3, 0.4) is 0 Å². The third-order valence-electron chi connectivity index (χ3n) is 9.59. The Bertz CT molecular complexity index is 1880. The summed E-state index contributed by atoms with van der Waals surface area (Å²) in [6.45, 7) is 0.374. The van der Waals surface area contributed by atoms with Crippen LogP contribution in [0, 0.1) is 5.41 Å². The molecule has 0 bridgehead atoms. The number of carbonyl (C=O) groups excluding carboxylic acids is 2. The van der Waals surface area contributed by atoms with E-state index in [-0.39, 0.29) is 5.78 Å². The van der Waals surface area contributed by atoms with Crippen LogP contribution in [0.1, 0.15) is 50.7 Å². The number of methoxy groups -OCH3 is 2. The van der Waals surface area contributed by atoms with Gasteiger partial charge in [0.2, 0.25) is 0 Å². The van der Waals surface area contributed by atoms with Crippen molar-refractivity contribution in [2.75, 3.05) is 14.2 Å². The molecule has 2 heterocycles. The standard InChI is InChI=1S/C40H34ClNO5/c1-45-31-23-19-27(20-24-31)34-35(39(44)46-2)42(25-26-11-5-3-6-12-26)36(28-17-21-30(41)22-18-28)40(34)37(43)32-15-9-10-16-33(32)47-38(40)29-13-7-4-8-14-29/h3-24,34-36,38H,25H2,1-2H3/t34-,35+,36+,38+,40-/m1/s1. The average Bonchev–Trinajstić information content (AvgIpc) is 3.41. The lowest BCUT2D eigenvalue weighted by Crippen LogP contribution is -2.50. The third-order valence-corrected chi connectivity index (χ3v) is 9.84. The van der Waals surface area contributed by atoms with Crippen LogP contribution < -0.4 is 9.47 Å². The number of ether oxygens (including phenoxy) is 3. The zero-order chi connectivity index (χ0) is 32.5. The molecule has 6 nitrogen and oxygen atoms in total. The van der Waals surface area contributed by atoms with E-state index in [1.165, 1.54) is 7.11 Å². The summed E-state index contributed by atoms with van der Waals surface area (Å²) < 4.78 is 18.1. The van der Waals surface area contributed by atoms with E-state index in [4.69, 9.17) is 25.8 Å². The minimum Gasteiger partial charge on any atom is -0.497 e. The van der Waals surface area contributed by atoms with Crippen LogP contribution in [-0.2, 0) is 16.1 Å². The molecule has 1 saturated heterocycles. The number of halogens is 1. The van der Waals surface area contributed by atoms with E-state index in [1.54, 1.807) is 7.11 Å². The van der Waals surface area contributed by atoms with Crippen LogP contribution in [0.5, 0.6) is 11.5 Å². The van der Waals surface area contributed by atoms with Crippen molar-refractivity contribution in [3.63, 3.8) is 0 Å². The van der Waals surface area contributed by atoms with E-state index >= 15 is 4.79 Å². The smallest absolute Gasteiger partial charge is 0.323 e. The summed E-state index contributed by atoms with van der Waals surface area (Å²) in [7, 11) is 3.02. The van der Waals surface area contributed by atoms with Gasteiger partial charge in [-0.05, 0) is 58.7 Å². The van der Waals surface area contributed by atoms with Gasteiger partial charge in [-0.25, -0.2) is 0 Å². The fourth-order valence-corrected chi connectivity index (χ4v) is 7.82. The molecule has 7 heteroatoms. The number of para-hydroxylation sites is 1. The molecule has 0 amide bonds. The first-order valence-corrected chi connectivity index (χ1v) is 16.0. The van der Waals surface area contributed by atoms with Gasteiger partial charge >= 0.3 is 5.97 Å². The lowest BCUT2D eigenvalue weighted by Gasteiger charge is -2.48. The Kier molecular flexibility index (Phi) is 8.31. The molecule has 0 radical (unpaired) electrons. The van der Waals surface area contributed by atoms with E-state index < -0.39 is 35.5 Å². The second kappa shape index (κ2) is 12.7. The van der Waals surface area contributed by atoms with Crippen LogP contribution in [0.25, 0.3) is 0 Å². The third kappa shape index (κ3) is 5.18. The number of Topliss-reactive ketones (excluding diaryl/α,β-unsaturated/α-hetero) is 1. The molecule has 5 aromatic rings. The fraction of sp³-hybridized carbons (Fsp3) is 0.200. The van der Waals surface area contributed by atoms with Crippen molar-refractivity contribution in [1.29, 1.82) is 0 Å². The summed E-state index contributed by atoms with van der Waals surface area (Å²) in [4.78, 5) is 32.2. The monoisotopic (exact) mass is 643 g/mol. The Balaban J connectivity index is 1.60. The van der Waals surface area contributed by atoms with Crippen molar-refractivity contribution in [1.82, 2.24) is 4.90 Å². The van der Waals surface area contributed by atoms with E-state index in [2.05, 4.69) is 4.90 Å². The Morgan fingerprint density at radius 3 is 2.04 bits per heavy atom. The highest BCUT2D eigenvalue weighted by Gasteiger charge is 2.71. The second-order valence-electron chi connectivity index (χ2n) is 12.0. The Labute approximate surface area is 279 Å². The largest absolute Gasteiger partial charge is 0.497 e. The molecule has 2 aliphatic heterocycles. The normalized spacial score (nSPS) is 23.6. The minimum absolute atomic E-state index is 0.0987. The first-order chi connectivity index (χ1) is 23.0. The molecule has 0 saturated carbocycles. The van der Waals surface area contributed by atoms with Crippen LogP contribution >= 0.6 is 11.6 Å². The molecule has 47 heavy (non-hydrogen) atoms. The number of rotatable bonds is 7. The van der Waals surface area contributed by atoms with Crippen molar-refractivity contribution in [3.05, 3.63) is 166 Å². The van der Waals surface area contributed by atoms with E-state index in [0.29, 0.717) is 28.6 Å². The van der Waals surface area contributed by atoms with Crippen LogP contribution in [0.2, 0.25) is 5.02 Å². The summed E-state index contributed by atoms with van der Waals surface area (Å²) in [6, 6.07) is 40.9. The number of fused-ring (bicyclic) bond motifs is 1. The molecular weight excluding hydrogens is 610 g/mol. The van der Waals surface area contributed by atoms with Gasteiger partial charge in [-0.15, -0.1) is 0 Å². The lowest BCUT2D eigenvalue weighted by molar-refractivity contribution is -0.147. The predicted octanol–water partition coefficient (Wildman–Crippen LogP) is 8.23. The Morgan fingerprint density at radius 2 is 1.38 bits per heavy atom. The molecule has 0 unspecified atom stereocenters. The summed E-state index contributed by atoms with van der Waals surface area (Å²) in [5.74, 6) is -0.0516. The zero-order valence-corrected chi connectivity index (χ0v) is 26.8. The number of hydrogen-bond donors (Lipinski definition) is 0. The maximum atomic E-state index is 15.7. The number of esters is 1. The lowest BCUT2D eigenvalue weighted by atomic mass is 9.58. The van der Waals surface area contributed by atoms with Crippen LogP contribution in [-0.4, -0.2) is 36.9 Å². The van der Waals surface area contributed by atoms with Gasteiger partial charge in [-0.3, -0.25) is 14.5 Å². The van der Waals surface area contributed by atoms with Crippen LogP contribution in [0.4, 0.5) is 0 Å². The van der Waals surface area contributed by atoms with E-state index in [9.17, 15) is 4.79 Å². The summed E-state index contributed by atoms with van der Waals surface area (Å²) in [6.07, 6.45) is -0.771. The molecule has 2 aliphatic rings. The predicted molar refractivity (Wildman–Crippen MR) is 181 cm³/mol. The molecule has 0 N–H and O–H groups in total. The molecule has 0 aromatic heterocycles. The maximum Gasteiger partial charge on any atom is 0.323 e. The molecule has 1 fully saturated rings. The van der Waals surface area contributed by atoms with Crippen molar-refractivity contribution in [2.45, 2.75) is 30.7 Å². The first kappa shape index (κ1) is 30.7. The van der Waals surface area contributed by atoms with E-state index in [0.717, 1.165) is 22.3 Å². The Hall–Kier alpha value is -4.91. The first-order valence-electron chi connectivity index (χ1n) is 15.6. The van der Waals surface area contributed by atoms with Gasteiger partial charge in [0.1, 0.15) is 29.1 Å². The highest BCUT2D eigenvalue weighted by molar-refractivity contribution is 6.30. The maximum absolute atomic E-state index is 15.7. The number of hydrogen-bond acceptors (Lipinski definition) is 6. The highest BCUT2D eigenvalue weighted by Crippen LogP contribution is 2.67. The van der Waals surface area contributed by atoms with Crippen molar-refractivity contribution in [2.24, 2.45) is 5.41 Å². The average molecular weight is 644 g/mol. The van der Waals surface area contributed by atoms with Crippen LogP contribution in [0.15, 0.2) is 133 Å². The second-order valence-corrected chi connectivity index (χ2v) is 12.4. The molecule has 5 aromatic carbocycles. The summed E-state index contributed by atoms with van der Waals surface area (Å²) in [5.41, 5.74) is 2.60. The molecule has 0 aliphatic carbocycles. The molecule has 7 rings (SSSR count). The van der Waals surface area contributed by atoms with Crippen molar-refractivity contribution < 1.29 is 23.8 Å². The number of carbonyl (C=O) groups is 2. The number of ketones is 1. The van der Waals surface area contributed by atoms with Gasteiger partial charge in [-0.2, -0.15) is 0 Å². The number of benzene rings is 5. The quantitative estimate of drug-likeness (QED) is 0.167. The Morgan fingerprint density at radius 1 is 0.766 bits per heavy atom. The molecule has 5 atom stereocenters. The van der Waals surface area contributed by atoms with Gasteiger partial charge < -0.3 is 14.2 Å². The van der Waals surface area contributed by atoms with Crippen molar-refractivity contribution >= 4 is 23.4 Å². The van der Waals surface area contributed by atoms with Gasteiger partial charge in [0.05, 0.1) is 25.8 Å². The van der Waals surface area contributed by atoms with Gasteiger partial charge in [0.15, 0.2) is 5.78 Å². The number of likely N-dealkylation sites (tertiary alicyclic amines) is 1. The molecular formula is C40H34ClNO5. The summed E-state index contributed by atoms with van der Waals surface area (Å²) >= 11 is 6.45. The summed E-state index contributed by atoms with van der Waals surface area (Å²) in [5, 5.41) is 0.572. The highest BCUT2D eigenvalue weighted by atomic mass is 35.5. The minimum atomic E-state index is -1.34. The zero-order valence-electron chi connectivity index (χ0n) is 26.1. The topological polar surface area (TPSA) is 65.1 Å². The van der Waals surface area contributed by atoms with E-state index in [1.807, 2.05) is 133 Å². The SMILES string of the molecule is COC(=O)[C@@H]1[C@@H](c2ccc(OC)cc2)[C@]2(C(=O)c3ccccc3O[C@H]2c2ccccc2)[C@H](c2ccc(Cl)cc2)N1Cc1ccccc1.